The van der Waals surface area contributed by atoms with Crippen molar-refractivity contribution in [2.75, 3.05) is 13.7 Å². The van der Waals surface area contributed by atoms with Crippen molar-refractivity contribution in [2.24, 2.45) is 0 Å². The van der Waals surface area contributed by atoms with Crippen molar-refractivity contribution in [3.05, 3.63) is 11.6 Å². The molecule has 116 valence electrons. The Morgan fingerprint density at radius 3 is 1.90 bits per heavy atom. The van der Waals surface area contributed by atoms with E-state index in [4.69, 9.17) is 10.2 Å². The van der Waals surface area contributed by atoms with Crippen LogP contribution in [0.2, 0.25) is 8.87 Å². The van der Waals surface area contributed by atoms with E-state index < -0.39 is 11.9 Å². The van der Waals surface area contributed by atoms with Crippen molar-refractivity contribution >= 4 is 33.1 Å². The van der Waals surface area contributed by atoms with Gasteiger partial charge >= 0.3 is 81.5 Å². The Labute approximate surface area is 131 Å². The van der Waals surface area contributed by atoms with Crippen molar-refractivity contribution in [2.45, 2.75) is 48.4 Å². The molecule has 20 heavy (non-hydrogen) atoms. The van der Waals surface area contributed by atoms with Crippen LogP contribution in [0.15, 0.2) is 11.6 Å². The topological polar surface area (TPSA) is 83.8 Å². The van der Waals surface area contributed by atoms with Crippen LogP contribution in [0, 0.1) is 0 Å². The Bertz CT molecular complexity index is 283. The smallest absolute Gasteiger partial charge is 0.334 e. The summed E-state index contributed by atoms with van der Waals surface area (Å²) in [6.45, 7) is 4.38. The van der Waals surface area contributed by atoms with Crippen molar-refractivity contribution < 1.29 is 24.5 Å². The van der Waals surface area contributed by atoms with E-state index in [1.807, 2.05) is 0 Å². The predicted octanol–water partition coefficient (Wildman–Crippen LogP) is 2.86. The number of methoxy groups -OCH3 is 1. The molecule has 6 heteroatoms. The van der Waals surface area contributed by atoms with Gasteiger partial charge in [0.1, 0.15) is 0 Å². The Balaban J connectivity index is 0. The van der Waals surface area contributed by atoms with Gasteiger partial charge in [0.2, 0.25) is 0 Å². The van der Waals surface area contributed by atoms with Crippen LogP contribution in [0.25, 0.3) is 0 Å². The zero-order chi connectivity index (χ0) is 15.8. The molecule has 0 aromatic heterocycles. The third-order valence-electron chi connectivity index (χ3n) is 2.29. The number of carboxylic acids is 2. The zero-order valence-electron chi connectivity index (χ0n) is 12.6. The molecular weight excluding hydrogens is 367 g/mol. The monoisotopic (exact) mass is 394 g/mol. The largest absolute Gasteiger partial charge is 0.478 e. The number of ether oxygens (including phenoxy) is 1. The first-order valence-corrected chi connectivity index (χ1v) is 10.9. The number of carbonyl (C=O) groups is 2. The molecule has 0 bridgehead atoms. The van der Waals surface area contributed by atoms with Crippen molar-refractivity contribution in [1.82, 2.24) is 0 Å². The van der Waals surface area contributed by atoms with Crippen molar-refractivity contribution in [1.29, 1.82) is 0 Å². The first-order valence-electron chi connectivity index (χ1n) is 6.85. The molecule has 0 heterocycles. The number of carboxylic acid groups (broad SMARTS) is 2. The minimum absolute atomic E-state index is 0.149. The van der Waals surface area contributed by atoms with Crippen molar-refractivity contribution in [3.63, 3.8) is 0 Å². The third-order valence-corrected chi connectivity index (χ3v) is 6.32. The Morgan fingerprint density at radius 2 is 1.60 bits per heavy atom. The summed E-state index contributed by atoms with van der Waals surface area (Å²) in [4.78, 5) is 20.2. The van der Waals surface area contributed by atoms with E-state index in [0.717, 1.165) is 0 Å². The number of rotatable bonds is 10. The molecule has 0 atom stereocenters. The summed E-state index contributed by atoms with van der Waals surface area (Å²) in [5.74, 6) is -2.58. The summed E-state index contributed by atoms with van der Waals surface area (Å²) < 4.78 is 7.70. The van der Waals surface area contributed by atoms with Crippen LogP contribution in [0.1, 0.15) is 39.5 Å². The average Bonchev–Trinajstić information content (AvgIpc) is 2.38. The van der Waals surface area contributed by atoms with E-state index in [-0.39, 0.29) is 33.3 Å². The first-order chi connectivity index (χ1) is 9.49. The second-order valence-electron chi connectivity index (χ2n) is 4.20. The molecule has 0 unspecified atom stereocenters. The number of hydrogen-bond donors (Lipinski definition) is 2. The zero-order valence-corrected chi connectivity index (χ0v) is 15.5. The predicted molar refractivity (Wildman–Crippen MR) is 80.4 cm³/mol. The molecule has 0 aromatic carbocycles. The molecular formula is C14H26O5Sn. The molecule has 0 fully saturated rings. The molecule has 0 aromatic rings. The van der Waals surface area contributed by atoms with Crippen LogP contribution in [0.5, 0.6) is 0 Å². The van der Waals surface area contributed by atoms with E-state index in [1.54, 1.807) is 8.87 Å². The second kappa shape index (κ2) is 16.5. The maximum absolute atomic E-state index is 10.2. The van der Waals surface area contributed by atoms with Crippen LogP contribution in [0.3, 0.4) is 0 Å². The maximum Gasteiger partial charge on any atom is 0.334 e. The molecule has 2 radical (unpaired) electrons. The van der Waals surface area contributed by atoms with Crippen LogP contribution in [-0.2, 0) is 14.3 Å². The van der Waals surface area contributed by atoms with E-state index in [9.17, 15) is 9.59 Å². The Kier molecular flexibility index (Phi) is 17.9. The van der Waals surface area contributed by atoms with Gasteiger partial charge in [-0.25, -0.2) is 9.59 Å². The fourth-order valence-electron chi connectivity index (χ4n) is 1.20. The third kappa shape index (κ3) is 17.4. The minimum Gasteiger partial charge on any atom is -0.478 e. The van der Waals surface area contributed by atoms with E-state index in [0.29, 0.717) is 6.08 Å². The second-order valence-corrected chi connectivity index (χ2v) is 8.48. The molecule has 5 nitrogen and oxygen atoms in total. The summed E-state index contributed by atoms with van der Waals surface area (Å²) >= 11 is 0.149. The van der Waals surface area contributed by atoms with Gasteiger partial charge < -0.3 is 14.9 Å². The summed E-state index contributed by atoms with van der Waals surface area (Å²) in [7, 11) is 1.29. The van der Waals surface area contributed by atoms with Crippen LogP contribution in [-0.4, -0.2) is 57.0 Å². The van der Waals surface area contributed by atoms with E-state index in [1.165, 1.54) is 32.8 Å². The summed E-state index contributed by atoms with van der Waals surface area (Å²) in [5.41, 5.74) is -0.278. The molecule has 0 saturated heterocycles. The van der Waals surface area contributed by atoms with Gasteiger partial charge in [0.25, 0.3) is 0 Å². The molecule has 0 spiro atoms. The Morgan fingerprint density at radius 1 is 1.10 bits per heavy atom. The van der Waals surface area contributed by atoms with E-state index >= 15 is 0 Å². The standard InChI is InChI=1S/C6H8O5.2C4H9.Sn/c1-11-3-4(6(9)10)2-5(7)8;2*1-3-4-2;/h2H,3H2,1H3,(H,7,8)(H,9,10);2*1,3-4H2,2H3;. The fraction of sp³-hybridized carbons (Fsp3) is 0.714. The van der Waals surface area contributed by atoms with Crippen LogP contribution >= 0.6 is 0 Å². The first kappa shape index (κ1) is 21.7. The summed E-state index contributed by atoms with van der Waals surface area (Å²) in [6.07, 6.45) is 6.44. The van der Waals surface area contributed by atoms with Crippen molar-refractivity contribution in [3.8, 4) is 0 Å². The fourth-order valence-corrected chi connectivity index (χ4v) is 5.36. The van der Waals surface area contributed by atoms with Gasteiger partial charge in [0.05, 0.1) is 12.2 Å². The van der Waals surface area contributed by atoms with Gasteiger partial charge in [-0.1, -0.05) is 0 Å². The Hall–Kier alpha value is -0.561. The summed E-state index contributed by atoms with van der Waals surface area (Å²) in [6, 6.07) is 0. The minimum atomic E-state index is -1.29. The van der Waals surface area contributed by atoms with Gasteiger partial charge in [-0.15, -0.1) is 0 Å². The molecule has 0 saturated carbocycles. The van der Waals surface area contributed by atoms with Gasteiger partial charge in [0.15, 0.2) is 0 Å². The summed E-state index contributed by atoms with van der Waals surface area (Å²) in [5, 5.41) is 16.5. The average molecular weight is 393 g/mol. The maximum atomic E-state index is 10.2. The molecule has 2 N–H and O–H groups in total. The quantitative estimate of drug-likeness (QED) is 0.339. The molecule has 0 aliphatic heterocycles. The molecule has 0 rings (SSSR count). The molecule has 0 aliphatic rings. The number of hydrogen-bond acceptors (Lipinski definition) is 3. The van der Waals surface area contributed by atoms with Gasteiger partial charge in [-0.05, 0) is 0 Å². The molecule has 0 aliphatic carbocycles. The van der Waals surface area contributed by atoms with Gasteiger partial charge in [-0.3, -0.25) is 0 Å². The molecule has 0 amide bonds. The number of unbranched alkanes of at least 4 members (excludes halogenated alkanes) is 2. The van der Waals surface area contributed by atoms with E-state index in [2.05, 4.69) is 18.6 Å². The van der Waals surface area contributed by atoms with Gasteiger partial charge in [-0.2, -0.15) is 0 Å². The van der Waals surface area contributed by atoms with Crippen LogP contribution in [0.4, 0.5) is 0 Å². The van der Waals surface area contributed by atoms with Crippen LogP contribution < -0.4 is 0 Å². The SMILES string of the molecule is CCC[CH2][Sn][CH2]CCC.COCC(=CC(=O)O)C(=O)O. The normalized spacial score (nSPS) is 10.7. The number of aliphatic carboxylic acids is 2. The van der Waals surface area contributed by atoms with Gasteiger partial charge in [0, 0.05) is 13.2 Å².